The van der Waals surface area contributed by atoms with Crippen molar-refractivity contribution in [2.24, 2.45) is 0 Å². The largest absolute Gasteiger partial charge is 0.480 e. The number of aliphatic carboxylic acids is 1. The Hall–Kier alpha value is -1.69. The first-order valence-corrected chi connectivity index (χ1v) is 6.69. The first-order valence-electron chi connectivity index (χ1n) is 6.69. The van der Waals surface area contributed by atoms with E-state index in [1.165, 1.54) is 0 Å². The van der Waals surface area contributed by atoms with Crippen LogP contribution in [-0.2, 0) is 11.2 Å². The molecule has 19 heavy (non-hydrogen) atoms. The van der Waals surface area contributed by atoms with Crippen LogP contribution in [0, 0.1) is 0 Å². The molecule has 1 aromatic heterocycles. The highest BCUT2D eigenvalue weighted by Crippen LogP contribution is 2.11. The molecule has 1 aliphatic rings. The summed E-state index contributed by atoms with van der Waals surface area (Å²) in [6.45, 7) is 5.29. The molecule has 1 saturated heterocycles. The van der Waals surface area contributed by atoms with Gasteiger partial charge in [0.1, 0.15) is 0 Å². The van der Waals surface area contributed by atoms with E-state index in [4.69, 9.17) is 5.11 Å². The minimum atomic E-state index is -0.770. The Bertz CT molecular complexity index is 413. The summed E-state index contributed by atoms with van der Waals surface area (Å²) >= 11 is 0. The third kappa shape index (κ3) is 3.89. The lowest BCUT2D eigenvalue weighted by atomic mass is 10.2. The maximum absolute atomic E-state index is 10.6. The smallest absolute Gasteiger partial charge is 0.317 e. The van der Waals surface area contributed by atoms with Gasteiger partial charge >= 0.3 is 5.97 Å². The number of piperazine rings is 1. The average molecular weight is 264 g/mol. The first kappa shape index (κ1) is 13.7. The number of hydrogen-bond donors (Lipinski definition) is 1. The molecule has 0 saturated carbocycles. The summed E-state index contributed by atoms with van der Waals surface area (Å²) in [4.78, 5) is 23.5. The van der Waals surface area contributed by atoms with Crippen molar-refractivity contribution < 1.29 is 9.90 Å². The second-order valence-electron chi connectivity index (χ2n) is 4.80. The molecule has 1 N–H and O–H groups in total. The summed E-state index contributed by atoms with van der Waals surface area (Å²) in [7, 11) is 0. The fourth-order valence-corrected chi connectivity index (χ4v) is 2.23. The van der Waals surface area contributed by atoms with Crippen molar-refractivity contribution in [2.75, 3.05) is 37.6 Å². The minimum Gasteiger partial charge on any atom is -0.480 e. The van der Waals surface area contributed by atoms with Crippen molar-refractivity contribution in [3.05, 3.63) is 18.0 Å². The van der Waals surface area contributed by atoms with Crippen molar-refractivity contribution in [1.29, 1.82) is 0 Å². The highest BCUT2D eigenvalue weighted by Gasteiger charge is 2.20. The summed E-state index contributed by atoms with van der Waals surface area (Å²) in [5, 5.41) is 8.75. The highest BCUT2D eigenvalue weighted by molar-refractivity contribution is 5.69. The molecular weight excluding hydrogens is 244 g/mol. The summed E-state index contributed by atoms with van der Waals surface area (Å²) < 4.78 is 0. The van der Waals surface area contributed by atoms with E-state index in [9.17, 15) is 4.79 Å². The van der Waals surface area contributed by atoms with Gasteiger partial charge in [-0.25, -0.2) is 9.97 Å². The molecule has 2 heterocycles. The quantitative estimate of drug-likeness (QED) is 0.841. The first-order chi connectivity index (χ1) is 9.19. The van der Waals surface area contributed by atoms with E-state index >= 15 is 0 Å². The SMILES string of the molecule is CCCc1cnc(N2CCN(CC(=O)O)CC2)nc1. The van der Waals surface area contributed by atoms with Gasteiger partial charge in [-0.3, -0.25) is 9.69 Å². The van der Waals surface area contributed by atoms with Gasteiger partial charge in [-0.1, -0.05) is 13.3 Å². The number of carboxylic acid groups (broad SMARTS) is 1. The van der Waals surface area contributed by atoms with Crippen molar-refractivity contribution in [3.63, 3.8) is 0 Å². The molecule has 1 aromatic rings. The van der Waals surface area contributed by atoms with E-state index < -0.39 is 5.97 Å². The second kappa shape index (κ2) is 6.47. The Morgan fingerprint density at radius 3 is 2.42 bits per heavy atom. The lowest BCUT2D eigenvalue weighted by molar-refractivity contribution is -0.138. The van der Waals surface area contributed by atoms with E-state index in [2.05, 4.69) is 21.8 Å². The van der Waals surface area contributed by atoms with Gasteiger partial charge in [0, 0.05) is 38.6 Å². The van der Waals surface area contributed by atoms with Gasteiger partial charge < -0.3 is 10.0 Å². The van der Waals surface area contributed by atoms with Gasteiger partial charge in [0.25, 0.3) is 0 Å². The predicted octanol–water partition coefficient (Wildman–Crippen LogP) is 0.636. The molecule has 1 aliphatic heterocycles. The van der Waals surface area contributed by atoms with Crippen LogP contribution >= 0.6 is 0 Å². The van der Waals surface area contributed by atoms with Gasteiger partial charge in [-0.05, 0) is 12.0 Å². The van der Waals surface area contributed by atoms with Crippen molar-refractivity contribution in [1.82, 2.24) is 14.9 Å². The Morgan fingerprint density at radius 1 is 1.26 bits per heavy atom. The van der Waals surface area contributed by atoms with Gasteiger partial charge in [-0.15, -0.1) is 0 Å². The third-order valence-electron chi connectivity index (χ3n) is 3.24. The number of aromatic nitrogens is 2. The maximum atomic E-state index is 10.6. The fourth-order valence-electron chi connectivity index (χ4n) is 2.23. The number of rotatable bonds is 5. The number of anilines is 1. The summed E-state index contributed by atoms with van der Waals surface area (Å²) in [6, 6.07) is 0. The molecule has 1 fully saturated rings. The molecule has 0 radical (unpaired) electrons. The van der Waals surface area contributed by atoms with E-state index in [0.717, 1.165) is 50.5 Å². The van der Waals surface area contributed by atoms with Crippen molar-refractivity contribution in [2.45, 2.75) is 19.8 Å². The topological polar surface area (TPSA) is 69.6 Å². The van der Waals surface area contributed by atoms with Crippen LogP contribution in [0.3, 0.4) is 0 Å². The van der Waals surface area contributed by atoms with E-state index in [1.54, 1.807) is 0 Å². The lowest BCUT2D eigenvalue weighted by Gasteiger charge is -2.33. The van der Waals surface area contributed by atoms with Gasteiger partial charge in [-0.2, -0.15) is 0 Å². The summed E-state index contributed by atoms with van der Waals surface area (Å²) in [5.74, 6) is -0.0246. The molecule has 0 bridgehead atoms. The molecule has 0 aromatic carbocycles. The zero-order valence-electron chi connectivity index (χ0n) is 11.2. The molecule has 6 nitrogen and oxygen atoms in total. The third-order valence-corrected chi connectivity index (χ3v) is 3.24. The van der Waals surface area contributed by atoms with E-state index in [1.807, 2.05) is 17.3 Å². The molecule has 0 unspecified atom stereocenters. The van der Waals surface area contributed by atoms with Crippen LogP contribution in [-0.4, -0.2) is 58.7 Å². The van der Waals surface area contributed by atoms with Crippen LogP contribution in [0.2, 0.25) is 0 Å². The average Bonchev–Trinajstić information content (AvgIpc) is 2.40. The zero-order valence-corrected chi connectivity index (χ0v) is 11.2. The molecule has 104 valence electrons. The number of carboxylic acids is 1. The number of hydrogen-bond acceptors (Lipinski definition) is 5. The normalized spacial score (nSPS) is 16.6. The Kier molecular flexibility index (Phi) is 4.68. The maximum Gasteiger partial charge on any atom is 0.317 e. The molecule has 0 amide bonds. The van der Waals surface area contributed by atoms with Crippen LogP contribution in [0.5, 0.6) is 0 Å². The predicted molar refractivity (Wildman–Crippen MR) is 72.3 cm³/mol. The van der Waals surface area contributed by atoms with Crippen molar-refractivity contribution in [3.8, 4) is 0 Å². The van der Waals surface area contributed by atoms with Gasteiger partial charge in [0.2, 0.25) is 5.95 Å². The standard InChI is InChI=1S/C13H20N4O2/c1-2-3-11-8-14-13(15-9-11)17-6-4-16(5-7-17)10-12(18)19/h8-9H,2-7,10H2,1H3,(H,18,19). The summed E-state index contributed by atoms with van der Waals surface area (Å²) in [6.07, 6.45) is 5.87. The molecule has 0 aliphatic carbocycles. The molecule has 6 heteroatoms. The Labute approximate surface area is 113 Å². The zero-order chi connectivity index (χ0) is 13.7. The Balaban J connectivity index is 1.88. The summed E-state index contributed by atoms with van der Waals surface area (Å²) in [5.41, 5.74) is 1.16. The number of nitrogens with zero attached hydrogens (tertiary/aromatic N) is 4. The highest BCUT2D eigenvalue weighted by atomic mass is 16.4. The van der Waals surface area contributed by atoms with Crippen LogP contribution < -0.4 is 4.90 Å². The molecule has 2 rings (SSSR count). The lowest BCUT2D eigenvalue weighted by Crippen LogP contribution is -2.48. The van der Waals surface area contributed by atoms with Gasteiger partial charge in [0.05, 0.1) is 6.54 Å². The van der Waals surface area contributed by atoms with Crippen molar-refractivity contribution >= 4 is 11.9 Å². The molecular formula is C13H20N4O2. The minimum absolute atomic E-state index is 0.115. The molecule has 0 spiro atoms. The fraction of sp³-hybridized carbons (Fsp3) is 0.615. The van der Waals surface area contributed by atoms with Crippen LogP contribution in [0.25, 0.3) is 0 Å². The second-order valence-corrected chi connectivity index (χ2v) is 4.80. The van der Waals surface area contributed by atoms with E-state index in [-0.39, 0.29) is 6.54 Å². The van der Waals surface area contributed by atoms with Crippen LogP contribution in [0.15, 0.2) is 12.4 Å². The number of carbonyl (C=O) groups is 1. The van der Waals surface area contributed by atoms with Crippen LogP contribution in [0.1, 0.15) is 18.9 Å². The Morgan fingerprint density at radius 2 is 1.89 bits per heavy atom. The number of aryl methyl sites for hydroxylation is 1. The van der Waals surface area contributed by atoms with Gasteiger partial charge in [0.15, 0.2) is 0 Å². The monoisotopic (exact) mass is 264 g/mol. The van der Waals surface area contributed by atoms with E-state index in [0.29, 0.717) is 0 Å². The molecule has 0 atom stereocenters. The van der Waals surface area contributed by atoms with Crippen LogP contribution in [0.4, 0.5) is 5.95 Å².